The van der Waals surface area contributed by atoms with Gasteiger partial charge in [-0.25, -0.2) is 0 Å². The van der Waals surface area contributed by atoms with E-state index in [4.69, 9.17) is 12.2 Å². The standard InChI is InChI=1S/C15H20N2S2/c1-16(12-7-3-2-4-8-12)11-17-13-9-5-6-10-14(13)19-15(17)18/h5-6,9-10,12H,2-4,7-8,11H2,1H3. The van der Waals surface area contributed by atoms with Gasteiger partial charge < -0.3 is 4.57 Å². The minimum absolute atomic E-state index is 0.731. The Morgan fingerprint density at radius 2 is 2.00 bits per heavy atom. The first-order valence-corrected chi connectivity index (χ1v) is 8.27. The Morgan fingerprint density at radius 1 is 1.26 bits per heavy atom. The Morgan fingerprint density at radius 3 is 2.79 bits per heavy atom. The number of rotatable bonds is 3. The molecule has 1 aromatic heterocycles. The summed E-state index contributed by atoms with van der Waals surface area (Å²) in [6.07, 6.45) is 6.85. The molecule has 3 rings (SSSR count). The van der Waals surface area contributed by atoms with Gasteiger partial charge in [0.05, 0.1) is 16.9 Å². The van der Waals surface area contributed by atoms with E-state index in [1.54, 1.807) is 11.3 Å². The maximum Gasteiger partial charge on any atom is 0.163 e. The topological polar surface area (TPSA) is 8.17 Å². The van der Waals surface area contributed by atoms with Crippen molar-refractivity contribution in [1.82, 2.24) is 9.47 Å². The van der Waals surface area contributed by atoms with Crippen LogP contribution in [0, 0.1) is 3.95 Å². The highest BCUT2D eigenvalue weighted by Gasteiger charge is 2.18. The first kappa shape index (κ1) is 13.3. The molecule has 0 radical (unpaired) electrons. The lowest BCUT2D eigenvalue weighted by Gasteiger charge is -2.31. The van der Waals surface area contributed by atoms with Crippen LogP contribution in [0.4, 0.5) is 0 Å². The first-order chi connectivity index (χ1) is 9.25. The lowest BCUT2D eigenvalue weighted by molar-refractivity contribution is 0.155. The van der Waals surface area contributed by atoms with E-state index >= 15 is 0 Å². The molecule has 0 atom stereocenters. The summed E-state index contributed by atoms with van der Waals surface area (Å²) in [5.74, 6) is 0. The Hall–Kier alpha value is -0.710. The van der Waals surface area contributed by atoms with E-state index in [1.165, 1.54) is 42.3 Å². The minimum Gasteiger partial charge on any atom is -0.309 e. The largest absolute Gasteiger partial charge is 0.309 e. The molecule has 0 amide bonds. The molecule has 4 heteroatoms. The fraction of sp³-hybridized carbons (Fsp3) is 0.533. The third-order valence-corrected chi connectivity index (χ3v) is 5.57. The smallest absolute Gasteiger partial charge is 0.163 e. The summed E-state index contributed by atoms with van der Waals surface area (Å²) in [4.78, 5) is 2.48. The molecule has 1 aliphatic rings. The molecule has 1 aromatic carbocycles. The van der Waals surface area contributed by atoms with Crippen LogP contribution < -0.4 is 0 Å². The van der Waals surface area contributed by atoms with Gasteiger partial charge in [-0.3, -0.25) is 4.90 Å². The third kappa shape index (κ3) is 2.76. The van der Waals surface area contributed by atoms with Gasteiger partial charge in [0.25, 0.3) is 0 Å². The quantitative estimate of drug-likeness (QED) is 0.761. The number of fused-ring (bicyclic) bond motifs is 1. The number of thiazole rings is 1. The molecule has 1 heterocycles. The number of para-hydroxylation sites is 1. The van der Waals surface area contributed by atoms with Gasteiger partial charge in [0.15, 0.2) is 3.95 Å². The molecule has 0 unspecified atom stereocenters. The highest BCUT2D eigenvalue weighted by atomic mass is 32.1. The van der Waals surface area contributed by atoms with Crippen LogP contribution >= 0.6 is 23.6 Å². The van der Waals surface area contributed by atoms with Crippen LogP contribution in [0.5, 0.6) is 0 Å². The van der Waals surface area contributed by atoms with E-state index in [1.807, 2.05) is 0 Å². The molecule has 0 aliphatic heterocycles. The van der Waals surface area contributed by atoms with Gasteiger partial charge in [0, 0.05) is 6.04 Å². The molecule has 1 fully saturated rings. The fourth-order valence-electron chi connectivity index (χ4n) is 3.01. The van der Waals surface area contributed by atoms with Gasteiger partial charge in [-0.2, -0.15) is 0 Å². The SMILES string of the molecule is CN(Cn1c(=S)sc2ccccc21)C1CCCCC1. The summed E-state index contributed by atoms with van der Waals surface area (Å²) in [5, 5.41) is 0. The van der Waals surface area contributed by atoms with Gasteiger partial charge in [-0.15, -0.1) is 11.3 Å². The highest BCUT2D eigenvalue weighted by molar-refractivity contribution is 7.73. The van der Waals surface area contributed by atoms with Crippen molar-refractivity contribution in [3.05, 3.63) is 28.2 Å². The van der Waals surface area contributed by atoms with Crippen LogP contribution in [0.1, 0.15) is 32.1 Å². The molecule has 0 N–H and O–H groups in total. The number of benzene rings is 1. The van der Waals surface area contributed by atoms with Crippen molar-refractivity contribution in [1.29, 1.82) is 0 Å². The van der Waals surface area contributed by atoms with Crippen molar-refractivity contribution in [2.75, 3.05) is 7.05 Å². The predicted molar refractivity (Wildman–Crippen MR) is 85.3 cm³/mol. The Labute approximate surface area is 123 Å². The molecule has 0 saturated heterocycles. The molecular weight excluding hydrogens is 272 g/mol. The third-order valence-electron chi connectivity index (χ3n) is 4.14. The van der Waals surface area contributed by atoms with E-state index < -0.39 is 0 Å². The second kappa shape index (κ2) is 5.73. The molecule has 2 nitrogen and oxygen atoms in total. The van der Waals surface area contributed by atoms with E-state index in [0.717, 1.165) is 16.7 Å². The summed E-state index contributed by atoms with van der Waals surface area (Å²) < 4.78 is 4.57. The summed E-state index contributed by atoms with van der Waals surface area (Å²) in [6, 6.07) is 9.25. The first-order valence-electron chi connectivity index (χ1n) is 7.04. The maximum atomic E-state index is 5.53. The Balaban J connectivity index is 1.84. The van der Waals surface area contributed by atoms with Crippen molar-refractivity contribution in [2.24, 2.45) is 0 Å². The highest BCUT2D eigenvalue weighted by Crippen LogP contribution is 2.26. The Kier molecular flexibility index (Phi) is 4.01. The van der Waals surface area contributed by atoms with Crippen LogP contribution in [0.3, 0.4) is 0 Å². The van der Waals surface area contributed by atoms with E-state index in [9.17, 15) is 0 Å². The summed E-state index contributed by atoms with van der Waals surface area (Å²) in [5.41, 5.74) is 1.28. The molecule has 1 saturated carbocycles. The average molecular weight is 292 g/mol. The molecule has 19 heavy (non-hydrogen) atoms. The zero-order chi connectivity index (χ0) is 13.2. The zero-order valence-corrected chi connectivity index (χ0v) is 13.0. The second-order valence-corrected chi connectivity index (χ2v) is 7.13. The normalized spacial score (nSPS) is 17.4. The lowest BCUT2D eigenvalue weighted by atomic mass is 9.95. The lowest BCUT2D eigenvalue weighted by Crippen LogP contribution is -2.34. The average Bonchev–Trinajstić information content (AvgIpc) is 2.76. The summed E-state index contributed by atoms with van der Waals surface area (Å²) in [7, 11) is 2.24. The van der Waals surface area contributed by atoms with Gasteiger partial charge in [0.1, 0.15) is 0 Å². The van der Waals surface area contributed by atoms with Crippen LogP contribution in [-0.4, -0.2) is 22.6 Å². The molecule has 0 bridgehead atoms. The number of hydrogen-bond acceptors (Lipinski definition) is 3. The van der Waals surface area contributed by atoms with Crippen molar-refractivity contribution in [3.8, 4) is 0 Å². The zero-order valence-electron chi connectivity index (χ0n) is 11.3. The van der Waals surface area contributed by atoms with Crippen LogP contribution in [-0.2, 0) is 6.67 Å². The van der Waals surface area contributed by atoms with E-state index in [2.05, 4.69) is 40.8 Å². The Bertz CT molecular complexity index is 608. The van der Waals surface area contributed by atoms with Crippen LogP contribution in [0.2, 0.25) is 0 Å². The second-order valence-electron chi connectivity index (χ2n) is 5.45. The summed E-state index contributed by atoms with van der Waals surface area (Å²) in [6.45, 7) is 0.924. The van der Waals surface area contributed by atoms with Crippen molar-refractivity contribution in [3.63, 3.8) is 0 Å². The summed E-state index contributed by atoms with van der Waals surface area (Å²) >= 11 is 7.25. The van der Waals surface area contributed by atoms with Gasteiger partial charge in [-0.1, -0.05) is 31.4 Å². The van der Waals surface area contributed by atoms with E-state index in [-0.39, 0.29) is 0 Å². The minimum atomic E-state index is 0.731. The van der Waals surface area contributed by atoms with Crippen molar-refractivity contribution < 1.29 is 0 Å². The number of hydrogen-bond donors (Lipinski definition) is 0. The number of nitrogens with zero attached hydrogens (tertiary/aromatic N) is 2. The monoisotopic (exact) mass is 292 g/mol. The molecule has 102 valence electrons. The fourth-order valence-corrected chi connectivity index (χ4v) is 4.32. The van der Waals surface area contributed by atoms with Crippen LogP contribution in [0.25, 0.3) is 10.2 Å². The van der Waals surface area contributed by atoms with Crippen molar-refractivity contribution in [2.45, 2.75) is 44.8 Å². The van der Waals surface area contributed by atoms with Crippen molar-refractivity contribution >= 4 is 33.8 Å². The van der Waals surface area contributed by atoms with Crippen LogP contribution in [0.15, 0.2) is 24.3 Å². The van der Waals surface area contributed by atoms with Gasteiger partial charge in [0.2, 0.25) is 0 Å². The van der Waals surface area contributed by atoms with E-state index in [0.29, 0.717) is 0 Å². The van der Waals surface area contributed by atoms with Gasteiger partial charge in [-0.05, 0) is 44.2 Å². The molecule has 2 aromatic rings. The molecular formula is C15H20N2S2. The predicted octanol–water partition coefficient (Wildman–Crippen LogP) is 4.65. The number of aromatic nitrogens is 1. The van der Waals surface area contributed by atoms with Gasteiger partial charge >= 0.3 is 0 Å². The maximum absolute atomic E-state index is 5.53. The molecule has 0 spiro atoms. The molecule has 1 aliphatic carbocycles.